The van der Waals surface area contributed by atoms with Crippen LogP contribution in [-0.4, -0.2) is 69.8 Å². The molecular formula is C34H40N4O5S3. The Labute approximate surface area is 281 Å². The topological polar surface area (TPSA) is 102 Å². The van der Waals surface area contributed by atoms with Crippen molar-refractivity contribution in [1.29, 1.82) is 0 Å². The van der Waals surface area contributed by atoms with Crippen molar-refractivity contribution in [2.45, 2.75) is 63.7 Å². The van der Waals surface area contributed by atoms with E-state index >= 15 is 0 Å². The predicted octanol–water partition coefficient (Wildman–Crippen LogP) is 6.67. The number of aromatic nitrogens is 2. The smallest absolute Gasteiger partial charge is 0.309 e. The average Bonchev–Trinajstić information content (AvgIpc) is 3.61. The standard InChI is InChI=1S/C34H40N4O5S3/c1-3-5-6-7-11-19-37-32(39)30(45-34(37)44)23-27-24-38(28-14-9-8-10-15-28)35-31(27)26-13-12-16-29(22-26)46(41,42)36-20-17-25(18-21-36)33(40)43-4-2/h8-10,12-16,22-25H,3-7,11,17-21H2,1-2H3/b30-23+. The zero-order chi connectivity index (χ0) is 32.7. The summed E-state index contributed by atoms with van der Waals surface area (Å²) in [5.74, 6) is -0.685. The third-order valence-corrected chi connectivity index (χ3v) is 11.5. The molecule has 5 rings (SSSR count). The fourth-order valence-electron chi connectivity index (χ4n) is 5.68. The molecule has 2 aliphatic rings. The Kier molecular flexibility index (Phi) is 11.5. The molecule has 2 aromatic carbocycles. The van der Waals surface area contributed by atoms with Gasteiger partial charge in [0.2, 0.25) is 10.0 Å². The van der Waals surface area contributed by atoms with Crippen LogP contribution in [0.2, 0.25) is 0 Å². The molecule has 0 radical (unpaired) electrons. The Hall–Kier alpha value is -3.32. The van der Waals surface area contributed by atoms with E-state index in [0.29, 0.717) is 52.0 Å². The van der Waals surface area contributed by atoms with Gasteiger partial charge < -0.3 is 4.74 Å². The van der Waals surface area contributed by atoms with Gasteiger partial charge in [-0.25, -0.2) is 13.1 Å². The molecule has 0 N–H and O–H groups in total. The molecule has 12 heteroatoms. The van der Waals surface area contributed by atoms with E-state index in [0.717, 1.165) is 31.4 Å². The van der Waals surface area contributed by atoms with Crippen LogP contribution in [0.15, 0.2) is 70.6 Å². The predicted molar refractivity (Wildman–Crippen MR) is 186 cm³/mol. The Morgan fingerprint density at radius 1 is 1.04 bits per heavy atom. The van der Waals surface area contributed by atoms with Crippen LogP contribution in [0.4, 0.5) is 0 Å². The number of para-hydroxylation sites is 1. The first-order chi connectivity index (χ1) is 22.2. The largest absolute Gasteiger partial charge is 0.466 e. The van der Waals surface area contributed by atoms with E-state index < -0.39 is 10.0 Å². The van der Waals surface area contributed by atoms with Crippen molar-refractivity contribution in [3.05, 3.63) is 71.3 Å². The summed E-state index contributed by atoms with van der Waals surface area (Å²) in [5.41, 5.74) is 2.66. The molecule has 0 aliphatic carbocycles. The lowest BCUT2D eigenvalue weighted by atomic mass is 9.98. The molecule has 0 saturated carbocycles. The number of benzene rings is 2. The fraction of sp³-hybridized carbons (Fsp3) is 0.412. The second-order valence-corrected chi connectivity index (χ2v) is 15.0. The average molecular weight is 681 g/mol. The van der Waals surface area contributed by atoms with E-state index in [2.05, 4.69) is 6.92 Å². The highest BCUT2D eigenvalue weighted by Gasteiger charge is 2.34. The molecule has 46 heavy (non-hydrogen) atoms. The van der Waals surface area contributed by atoms with Gasteiger partial charge in [0.1, 0.15) is 10.0 Å². The van der Waals surface area contributed by atoms with E-state index in [1.807, 2.05) is 42.6 Å². The molecule has 2 fully saturated rings. The van der Waals surface area contributed by atoms with Gasteiger partial charge in [0.15, 0.2) is 0 Å². The van der Waals surface area contributed by atoms with Crippen LogP contribution in [0.25, 0.3) is 23.0 Å². The molecule has 0 unspecified atom stereocenters. The molecule has 2 saturated heterocycles. The number of thiocarbonyl (C=S) groups is 1. The number of ether oxygens (including phenoxy) is 1. The molecule has 3 aromatic rings. The van der Waals surface area contributed by atoms with Crippen molar-refractivity contribution >= 4 is 56.3 Å². The number of unbranched alkanes of at least 4 members (excludes halogenated alkanes) is 4. The summed E-state index contributed by atoms with van der Waals surface area (Å²) in [4.78, 5) is 28.0. The van der Waals surface area contributed by atoms with E-state index in [-0.39, 0.29) is 35.8 Å². The Balaban J connectivity index is 1.43. The van der Waals surface area contributed by atoms with Gasteiger partial charge in [0, 0.05) is 37.0 Å². The van der Waals surface area contributed by atoms with Gasteiger partial charge in [0.25, 0.3) is 5.91 Å². The molecule has 1 aromatic heterocycles. The summed E-state index contributed by atoms with van der Waals surface area (Å²) >= 11 is 6.87. The SMILES string of the molecule is CCCCCCCN1C(=O)/C(=C\c2cn(-c3ccccc3)nc2-c2cccc(S(=O)(=O)N3CCC(C(=O)OCC)CC3)c2)SC1=S. The number of rotatable bonds is 13. The van der Waals surface area contributed by atoms with E-state index in [1.165, 1.54) is 22.5 Å². The minimum Gasteiger partial charge on any atom is -0.466 e. The number of esters is 1. The third-order valence-electron chi connectivity index (χ3n) is 8.23. The van der Waals surface area contributed by atoms with Gasteiger partial charge in [-0.1, -0.05) is 86.9 Å². The van der Waals surface area contributed by atoms with Gasteiger partial charge in [-0.2, -0.15) is 9.40 Å². The molecule has 0 bridgehead atoms. The molecule has 0 spiro atoms. The molecule has 2 aliphatic heterocycles. The second kappa shape index (κ2) is 15.5. The molecule has 3 heterocycles. The van der Waals surface area contributed by atoms with Gasteiger partial charge >= 0.3 is 5.97 Å². The number of carbonyl (C=O) groups excluding carboxylic acids is 2. The summed E-state index contributed by atoms with van der Waals surface area (Å²) in [5, 5.41) is 4.86. The summed E-state index contributed by atoms with van der Waals surface area (Å²) in [7, 11) is -3.82. The molecule has 1 amide bonds. The van der Waals surface area contributed by atoms with Gasteiger partial charge in [-0.3, -0.25) is 14.5 Å². The van der Waals surface area contributed by atoms with Gasteiger partial charge in [-0.15, -0.1) is 0 Å². The summed E-state index contributed by atoms with van der Waals surface area (Å²) in [6.45, 7) is 5.32. The van der Waals surface area contributed by atoms with Crippen molar-refractivity contribution in [1.82, 2.24) is 19.0 Å². The molecule has 9 nitrogen and oxygen atoms in total. The number of nitrogens with zero attached hydrogens (tertiary/aromatic N) is 4. The highest BCUT2D eigenvalue weighted by molar-refractivity contribution is 8.26. The first-order valence-corrected chi connectivity index (χ1v) is 18.6. The van der Waals surface area contributed by atoms with Crippen molar-refractivity contribution < 1.29 is 22.7 Å². The zero-order valence-electron chi connectivity index (χ0n) is 26.3. The quantitative estimate of drug-likeness (QED) is 0.0854. The number of hydrogen-bond acceptors (Lipinski definition) is 8. The molecule has 0 atom stereocenters. The summed E-state index contributed by atoms with van der Waals surface area (Å²) < 4.78 is 36.3. The first kappa shape index (κ1) is 34.0. The van der Waals surface area contributed by atoms with E-state index in [1.54, 1.807) is 40.8 Å². The monoisotopic (exact) mass is 680 g/mol. The fourth-order valence-corrected chi connectivity index (χ4v) is 8.50. The summed E-state index contributed by atoms with van der Waals surface area (Å²) in [6.07, 6.45) is 9.93. The van der Waals surface area contributed by atoms with Crippen LogP contribution in [0.5, 0.6) is 0 Å². The van der Waals surface area contributed by atoms with E-state index in [4.69, 9.17) is 22.1 Å². The highest BCUT2D eigenvalue weighted by Crippen LogP contribution is 2.36. The van der Waals surface area contributed by atoms with Crippen LogP contribution in [0.1, 0.15) is 64.4 Å². The normalized spacial score (nSPS) is 17.3. The van der Waals surface area contributed by atoms with Crippen LogP contribution in [-0.2, 0) is 24.3 Å². The maximum atomic E-state index is 13.7. The van der Waals surface area contributed by atoms with Crippen molar-refractivity contribution in [3.63, 3.8) is 0 Å². The first-order valence-electron chi connectivity index (χ1n) is 15.9. The van der Waals surface area contributed by atoms with Crippen LogP contribution >= 0.6 is 24.0 Å². The lowest BCUT2D eigenvalue weighted by Crippen LogP contribution is -2.40. The number of sulfonamides is 1. The highest BCUT2D eigenvalue weighted by atomic mass is 32.2. The Morgan fingerprint density at radius 2 is 1.78 bits per heavy atom. The lowest BCUT2D eigenvalue weighted by molar-refractivity contribution is -0.149. The number of amides is 1. The van der Waals surface area contributed by atoms with Gasteiger partial charge in [-0.05, 0) is 56.5 Å². The third kappa shape index (κ3) is 7.79. The molecule has 244 valence electrons. The van der Waals surface area contributed by atoms with Crippen LogP contribution < -0.4 is 0 Å². The van der Waals surface area contributed by atoms with Crippen molar-refractivity contribution in [2.24, 2.45) is 5.92 Å². The molecular weight excluding hydrogens is 641 g/mol. The van der Waals surface area contributed by atoms with Crippen LogP contribution in [0.3, 0.4) is 0 Å². The number of piperidine rings is 1. The Morgan fingerprint density at radius 3 is 2.50 bits per heavy atom. The van der Waals surface area contributed by atoms with Crippen molar-refractivity contribution in [3.8, 4) is 16.9 Å². The van der Waals surface area contributed by atoms with Gasteiger partial charge in [0.05, 0.1) is 28.0 Å². The number of carbonyl (C=O) groups is 2. The minimum atomic E-state index is -3.82. The van der Waals surface area contributed by atoms with Crippen LogP contribution in [0, 0.1) is 5.92 Å². The maximum absolute atomic E-state index is 13.7. The van der Waals surface area contributed by atoms with E-state index in [9.17, 15) is 18.0 Å². The minimum absolute atomic E-state index is 0.119. The second-order valence-electron chi connectivity index (χ2n) is 11.4. The summed E-state index contributed by atoms with van der Waals surface area (Å²) in [6, 6.07) is 16.4. The number of hydrogen-bond donors (Lipinski definition) is 0. The lowest BCUT2D eigenvalue weighted by Gasteiger charge is -2.30. The zero-order valence-corrected chi connectivity index (χ0v) is 28.7. The number of thioether (sulfide) groups is 1. The van der Waals surface area contributed by atoms with Crippen molar-refractivity contribution in [2.75, 3.05) is 26.2 Å². The maximum Gasteiger partial charge on any atom is 0.309 e. The Bertz CT molecular complexity index is 1700.